The number of hydrogen-bond acceptors (Lipinski definition) is 7. The minimum Gasteiger partial charge on any atom is -0.497 e. The molecule has 1 unspecified atom stereocenters. The van der Waals surface area contributed by atoms with Gasteiger partial charge in [-0.05, 0) is 80.0 Å². The van der Waals surface area contributed by atoms with Crippen LogP contribution in [0, 0.1) is 12.8 Å². The number of fused-ring (bicyclic) bond motifs is 3. The largest absolute Gasteiger partial charge is 0.497 e. The minimum absolute atomic E-state index is 0.0309. The third-order valence-electron chi connectivity index (χ3n) is 8.64. The highest BCUT2D eigenvalue weighted by Gasteiger charge is 2.33. The highest BCUT2D eigenvalue weighted by Crippen LogP contribution is 2.35. The molecule has 0 radical (unpaired) electrons. The molecule has 2 aliphatic rings. The van der Waals surface area contributed by atoms with Crippen molar-refractivity contribution in [1.29, 1.82) is 0 Å². The van der Waals surface area contributed by atoms with E-state index in [0.29, 0.717) is 53.3 Å². The van der Waals surface area contributed by atoms with Gasteiger partial charge in [0.25, 0.3) is 5.91 Å². The SMILES string of the molecule is COc1ccc2c(c1)C(c1ccc(Cl)cc1)=N[C@@H](CC(=O)N1CCC(CNC(=O)c3cccc([Si](C)(C)O)c3)C1)c1nnc(C)n1-2. The normalized spacial score (nSPS) is 17.5. The maximum Gasteiger partial charge on any atom is 0.251 e. The Labute approximate surface area is 274 Å². The molecule has 4 aromatic rings. The molecule has 3 heterocycles. The number of ether oxygens (including phenoxy) is 1. The van der Waals surface area contributed by atoms with Crippen molar-refractivity contribution < 1.29 is 19.1 Å². The summed E-state index contributed by atoms with van der Waals surface area (Å²) in [7, 11) is -0.902. The molecule has 2 atom stereocenters. The molecule has 0 aliphatic carbocycles. The van der Waals surface area contributed by atoms with Gasteiger partial charge in [-0.15, -0.1) is 10.2 Å². The molecule has 2 amide bonds. The van der Waals surface area contributed by atoms with Crippen LogP contribution in [0.5, 0.6) is 5.75 Å². The highest BCUT2D eigenvalue weighted by molar-refractivity contribution is 6.83. The second-order valence-corrected chi connectivity index (χ2v) is 16.5. The summed E-state index contributed by atoms with van der Waals surface area (Å²) in [4.78, 5) is 44.2. The van der Waals surface area contributed by atoms with Gasteiger partial charge < -0.3 is 19.7 Å². The number of benzene rings is 3. The maximum absolute atomic E-state index is 13.8. The number of halogens is 1. The summed E-state index contributed by atoms with van der Waals surface area (Å²) in [5.74, 6) is 1.89. The molecule has 10 nitrogen and oxygen atoms in total. The summed E-state index contributed by atoms with van der Waals surface area (Å²) in [5, 5.41) is 13.3. The van der Waals surface area contributed by atoms with Gasteiger partial charge in [-0.25, -0.2) is 0 Å². The number of aryl methyl sites for hydroxylation is 1. The van der Waals surface area contributed by atoms with Gasteiger partial charge in [-0.3, -0.25) is 19.1 Å². The van der Waals surface area contributed by atoms with Crippen molar-refractivity contribution in [3.05, 3.63) is 100 Å². The Morgan fingerprint density at radius 1 is 1.09 bits per heavy atom. The minimum atomic E-state index is -2.53. The van der Waals surface area contributed by atoms with Gasteiger partial charge in [-0.1, -0.05) is 35.9 Å². The number of rotatable bonds is 8. The average molecular weight is 657 g/mol. The molecule has 1 aromatic heterocycles. The van der Waals surface area contributed by atoms with Crippen LogP contribution in [0.2, 0.25) is 18.1 Å². The van der Waals surface area contributed by atoms with E-state index in [1.165, 1.54) is 0 Å². The van der Waals surface area contributed by atoms with Gasteiger partial charge in [0, 0.05) is 41.3 Å². The first-order chi connectivity index (χ1) is 22.0. The molecular formula is C34H37ClN6O4Si. The van der Waals surface area contributed by atoms with E-state index < -0.39 is 14.4 Å². The number of nitrogens with one attached hydrogen (secondary N) is 1. The van der Waals surface area contributed by atoms with Crippen molar-refractivity contribution in [3.8, 4) is 11.4 Å². The molecule has 3 aromatic carbocycles. The average Bonchev–Trinajstić information content (AvgIpc) is 3.65. The molecule has 12 heteroatoms. The molecule has 0 spiro atoms. The number of aliphatic imine (C=N–C) groups is 1. The van der Waals surface area contributed by atoms with E-state index in [0.717, 1.165) is 28.4 Å². The third-order valence-corrected chi connectivity index (χ3v) is 10.6. The number of hydrogen-bond donors (Lipinski definition) is 2. The van der Waals surface area contributed by atoms with Gasteiger partial charge in [-0.2, -0.15) is 0 Å². The maximum atomic E-state index is 13.8. The van der Waals surface area contributed by atoms with Crippen molar-refractivity contribution in [2.24, 2.45) is 10.9 Å². The fraction of sp³-hybridized carbons (Fsp3) is 0.324. The molecular weight excluding hydrogens is 620 g/mol. The van der Waals surface area contributed by atoms with Crippen molar-refractivity contribution >= 4 is 42.6 Å². The quantitative estimate of drug-likeness (QED) is 0.274. The summed E-state index contributed by atoms with van der Waals surface area (Å²) in [5.41, 5.74) is 3.80. The van der Waals surface area contributed by atoms with Gasteiger partial charge in [0.1, 0.15) is 17.6 Å². The first-order valence-electron chi connectivity index (χ1n) is 15.3. The van der Waals surface area contributed by atoms with Crippen LogP contribution in [0.1, 0.15) is 52.0 Å². The van der Waals surface area contributed by atoms with Crippen LogP contribution in [0.4, 0.5) is 0 Å². The molecule has 0 saturated carbocycles. The monoisotopic (exact) mass is 656 g/mol. The van der Waals surface area contributed by atoms with Gasteiger partial charge in [0.2, 0.25) is 14.2 Å². The van der Waals surface area contributed by atoms with Crippen molar-refractivity contribution in [1.82, 2.24) is 25.0 Å². The Bertz CT molecular complexity index is 1820. The molecule has 6 rings (SSSR count). The zero-order chi connectivity index (χ0) is 32.6. The van der Waals surface area contributed by atoms with Crippen molar-refractivity contribution in [2.45, 2.75) is 38.9 Å². The second-order valence-electron chi connectivity index (χ2n) is 12.4. The fourth-order valence-corrected chi connectivity index (χ4v) is 7.22. The van der Waals surface area contributed by atoms with Crippen LogP contribution in [0.25, 0.3) is 5.69 Å². The van der Waals surface area contributed by atoms with E-state index in [9.17, 15) is 14.4 Å². The predicted molar refractivity (Wildman–Crippen MR) is 180 cm³/mol. The number of carbonyl (C=O) groups excluding carboxylic acids is 2. The molecule has 238 valence electrons. The highest BCUT2D eigenvalue weighted by atomic mass is 35.5. The first-order valence-corrected chi connectivity index (χ1v) is 18.7. The smallest absolute Gasteiger partial charge is 0.251 e. The summed E-state index contributed by atoms with van der Waals surface area (Å²) >= 11 is 6.22. The lowest BCUT2D eigenvalue weighted by Crippen LogP contribution is -2.42. The number of methoxy groups -OCH3 is 1. The number of carbonyl (C=O) groups is 2. The van der Waals surface area contributed by atoms with Gasteiger partial charge in [0.05, 0.1) is 24.9 Å². The number of nitrogens with zero attached hydrogens (tertiary/aromatic N) is 5. The summed E-state index contributed by atoms with van der Waals surface area (Å²) in [6.45, 7) is 7.14. The standard InChI is InChI=1S/C34H37ClN6O4Si/c1-21-38-39-33-29(37-32(23-8-10-25(35)11-9-23)28-17-26(45-2)12-13-30(28)41(21)33)18-31(42)40-15-14-22(20-40)19-36-34(43)24-6-5-7-27(16-24)46(3,4)44/h5-13,16-17,22,29,44H,14-15,18-20H2,1-4H3,(H,36,43)/t22?,29-/m0/s1. The van der Waals surface area contributed by atoms with Crippen molar-refractivity contribution in [3.63, 3.8) is 0 Å². The van der Waals surface area contributed by atoms with E-state index in [2.05, 4.69) is 15.5 Å². The Balaban J connectivity index is 1.20. The molecule has 2 N–H and O–H groups in total. The van der Waals surface area contributed by atoms with E-state index in [-0.39, 0.29) is 24.2 Å². The van der Waals surface area contributed by atoms with E-state index in [4.69, 9.17) is 21.3 Å². The lowest BCUT2D eigenvalue weighted by molar-refractivity contribution is -0.130. The molecule has 1 fully saturated rings. The Morgan fingerprint density at radius 2 is 1.87 bits per heavy atom. The van der Waals surface area contributed by atoms with Crippen molar-refractivity contribution in [2.75, 3.05) is 26.7 Å². The van der Waals surface area contributed by atoms with Gasteiger partial charge >= 0.3 is 0 Å². The van der Waals surface area contributed by atoms with Crippen LogP contribution < -0.4 is 15.2 Å². The lowest BCUT2D eigenvalue weighted by atomic mass is 10.00. The lowest BCUT2D eigenvalue weighted by Gasteiger charge is -2.20. The van der Waals surface area contributed by atoms with Gasteiger partial charge in [0.15, 0.2) is 5.82 Å². The molecule has 1 saturated heterocycles. The van der Waals surface area contributed by atoms with E-state index >= 15 is 0 Å². The predicted octanol–water partition coefficient (Wildman–Crippen LogP) is 4.20. The molecule has 0 bridgehead atoms. The van der Waals surface area contributed by atoms with Crippen LogP contribution in [-0.2, 0) is 4.79 Å². The van der Waals surface area contributed by atoms with Crippen LogP contribution in [-0.4, -0.2) is 77.0 Å². The first kappa shape index (κ1) is 31.7. The second kappa shape index (κ2) is 12.8. The van der Waals surface area contributed by atoms with E-state index in [1.807, 2.05) is 78.0 Å². The number of amides is 2. The Morgan fingerprint density at radius 3 is 2.61 bits per heavy atom. The Hall–Kier alpha value is -4.32. The topological polar surface area (TPSA) is 122 Å². The van der Waals surface area contributed by atoms with Crippen LogP contribution in [0.15, 0.2) is 71.7 Å². The zero-order valence-corrected chi connectivity index (χ0v) is 28.1. The van der Waals surface area contributed by atoms with Crippen LogP contribution in [0.3, 0.4) is 0 Å². The fourth-order valence-electron chi connectivity index (χ4n) is 6.08. The Kier molecular flexibility index (Phi) is 8.82. The summed E-state index contributed by atoms with van der Waals surface area (Å²) in [6.07, 6.45) is 0.903. The zero-order valence-electron chi connectivity index (χ0n) is 26.3. The number of aromatic nitrogens is 3. The molecule has 46 heavy (non-hydrogen) atoms. The van der Waals surface area contributed by atoms with Crippen LogP contribution >= 0.6 is 11.6 Å². The summed E-state index contributed by atoms with van der Waals surface area (Å²) in [6, 6.07) is 19.9. The third kappa shape index (κ3) is 6.48. The van der Waals surface area contributed by atoms with E-state index in [1.54, 1.807) is 25.3 Å². The number of likely N-dealkylation sites (tertiary alicyclic amines) is 1. The summed E-state index contributed by atoms with van der Waals surface area (Å²) < 4.78 is 7.53. The molecule has 2 aliphatic heterocycles.